The van der Waals surface area contributed by atoms with Gasteiger partial charge in [0.05, 0.1) is 12.9 Å². The molecule has 0 saturated heterocycles. The number of halogens is 6. The van der Waals surface area contributed by atoms with Gasteiger partial charge in [-0.1, -0.05) is 5.16 Å². The van der Waals surface area contributed by atoms with Crippen molar-refractivity contribution < 1.29 is 45.6 Å². The lowest BCUT2D eigenvalue weighted by molar-refractivity contribution is -0.377. The van der Waals surface area contributed by atoms with Gasteiger partial charge in [0.1, 0.15) is 5.69 Å². The fourth-order valence-corrected chi connectivity index (χ4v) is 2.47. The summed E-state index contributed by atoms with van der Waals surface area (Å²) in [4.78, 5) is 29.3. The molecule has 0 fully saturated rings. The molecule has 0 atom stereocenters. The minimum atomic E-state index is -6.12. The number of hydrogen-bond donors (Lipinski definition) is 1. The number of aryl methyl sites for hydroxylation is 1. The Morgan fingerprint density at radius 2 is 1.80 bits per heavy atom. The Labute approximate surface area is 164 Å². The standard InChI is InChI=1S/C15H15F6N5O4/c1-24(12(28)10-11(26(3)7-27)22-6-25(10)2)5-8-4-9(23-30-8)13(29,14(16,17)18)15(19,20)21/h4,6-7,29H,5H2,1-3H3. The summed E-state index contributed by atoms with van der Waals surface area (Å²) in [6.45, 7) is -0.590. The maximum Gasteiger partial charge on any atom is 0.432 e. The van der Waals surface area contributed by atoms with Crippen molar-refractivity contribution in [2.45, 2.75) is 24.5 Å². The zero-order valence-electron chi connectivity index (χ0n) is 15.6. The van der Waals surface area contributed by atoms with E-state index in [0.29, 0.717) is 6.41 Å². The number of anilines is 1. The summed E-state index contributed by atoms with van der Waals surface area (Å²) in [6, 6.07) is 0.256. The van der Waals surface area contributed by atoms with Crippen LogP contribution < -0.4 is 4.90 Å². The van der Waals surface area contributed by atoms with Crippen molar-refractivity contribution in [3.8, 4) is 0 Å². The summed E-state index contributed by atoms with van der Waals surface area (Å²) < 4.78 is 83.2. The second kappa shape index (κ2) is 7.62. The van der Waals surface area contributed by atoms with Crippen LogP contribution in [0.1, 0.15) is 21.9 Å². The highest BCUT2D eigenvalue weighted by atomic mass is 19.4. The monoisotopic (exact) mass is 443 g/mol. The van der Waals surface area contributed by atoms with Gasteiger partial charge in [0.2, 0.25) is 6.41 Å². The lowest BCUT2D eigenvalue weighted by atomic mass is 9.98. The van der Waals surface area contributed by atoms with E-state index in [4.69, 9.17) is 0 Å². The van der Waals surface area contributed by atoms with Crippen molar-refractivity contribution in [3.63, 3.8) is 0 Å². The molecule has 0 saturated carbocycles. The molecule has 2 rings (SSSR count). The number of amides is 2. The zero-order valence-corrected chi connectivity index (χ0v) is 15.6. The van der Waals surface area contributed by atoms with Crippen LogP contribution in [0.25, 0.3) is 0 Å². The van der Waals surface area contributed by atoms with E-state index in [1.807, 2.05) is 0 Å². The van der Waals surface area contributed by atoms with Gasteiger partial charge in [-0.3, -0.25) is 9.59 Å². The average Bonchev–Trinajstić information content (AvgIpc) is 3.24. The first-order valence-electron chi connectivity index (χ1n) is 7.92. The normalized spacial score (nSPS) is 12.7. The Bertz CT molecular complexity index is 921. The Balaban J connectivity index is 2.32. The van der Waals surface area contributed by atoms with E-state index in [1.54, 1.807) is 0 Å². The predicted molar refractivity (Wildman–Crippen MR) is 86.0 cm³/mol. The number of alkyl halides is 6. The van der Waals surface area contributed by atoms with E-state index in [9.17, 15) is 41.0 Å². The molecule has 0 spiro atoms. The summed E-state index contributed by atoms with van der Waals surface area (Å²) in [5, 5.41) is 12.0. The molecule has 0 aliphatic heterocycles. The van der Waals surface area contributed by atoms with E-state index < -0.39 is 41.9 Å². The van der Waals surface area contributed by atoms with Gasteiger partial charge in [-0.15, -0.1) is 0 Å². The topological polar surface area (TPSA) is 105 Å². The van der Waals surface area contributed by atoms with E-state index in [1.165, 1.54) is 32.0 Å². The van der Waals surface area contributed by atoms with Crippen molar-refractivity contribution in [1.82, 2.24) is 19.6 Å². The second-order valence-electron chi connectivity index (χ2n) is 6.29. The molecule has 1 N–H and O–H groups in total. The number of aliphatic hydroxyl groups is 1. The number of carbonyl (C=O) groups excluding carboxylic acids is 2. The van der Waals surface area contributed by atoms with Crippen LogP contribution in [0, 0.1) is 0 Å². The lowest BCUT2D eigenvalue weighted by Gasteiger charge is -2.30. The van der Waals surface area contributed by atoms with Gasteiger partial charge in [0.15, 0.2) is 17.3 Å². The summed E-state index contributed by atoms with van der Waals surface area (Å²) in [5.74, 6) is -1.34. The quantitative estimate of drug-likeness (QED) is 0.537. The molecule has 9 nitrogen and oxygen atoms in total. The zero-order chi connectivity index (χ0) is 23.1. The van der Waals surface area contributed by atoms with Crippen LogP contribution in [0.5, 0.6) is 0 Å². The highest BCUT2D eigenvalue weighted by Gasteiger charge is 2.73. The first kappa shape index (κ1) is 23.2. The Kier molecular flexibility index (Phi) is 5.89. The van der Waals surface area contributed by atoms with E-state index in [2.05, 4.69) is 14.7 Å². The number of imidazole rings is 1. The van der Waals surface area contributed by atoms with Gasteiger partial charge in [0, 0.05) is 27.2 Å². The van der Waals surface area contributed by atoms with Crippen LogP contribution in [0.3, 0.4) is 0 Å². The smallest absolute Gasteiger partial charge is 0.368 e. The molecule has 0 unspecified atom stereocenters. The first-order chi connectivity index (χ1) is 13.6. The summed E-state index contributed by atoms with van der Waals surface area (Å²) in [6.07, 6.45) is -10.6. The SMILES string of the molecule is CN(Cc1cc(C(O)(C(F)(F)F)C(F)(F)F)no1)C(=O)c1c(N(C)C=O)ncn1C. The van der Waals surface area contributed by atoms with Crippen LogP contribution in [-0.4, -0.2) is 63.5 Å². The average molecular weight is 443 g/mol. The Morgan fingerprint density at radius 3 is 2.30 bits per heavy atom. The molecule has 2 aromatic rings. The number of rotatable bonds is 6. The van der Waals surface area contributed by atoms with E-state index in [0.717, 1.165) is 9.80 Å². The molecule has 166 valence electrons. The van der Waals surface area contributed by atoms with Crippen LogP contribution in [0.15, 0.2) is 16.9 Å². The summed E-state index contributed by atoms with van der Waals surface area (Å²) in [5.41, 5.74) is -7.14. The fraction of sp³-hybridized carbons (Fsp3) is 0.467. The molecule has 0 bridgehead atoms. The molecule has 0 aliphatic carbocycles. The molecule has 0 aliphatic rings. The molecule has 2 amide bonds. The van der Waals surface area contributed by atoms with Crippen molar-refractivity contribution in [2.24, 2.45) is 7.05 Å². The van der Waals surface area contributed by atoms with E-state index in [-0.39, 0.29) is 17.6 Å². The largest absolute Gasteiger partial charge is 0.432 e. The Morgan fingerprint density at radius 1 is 1.23 bits per heavy atom. The first-order valence-corrected chi connectivity index (χ1v) is 7.92. The predicted octanol–water partition coefficient (Wildman–Crippen LogP) is 1.59. The van der Waals surface area contributed by atoms with Crippen LogP contribution >= 0.6 is 0 Å². The van der Waals surface area contributed by atoms with Gasteiger partial charge in [0.25, 0.3) is 5.91 Å². The molecular formula is C15H15F6N5O4. The second-order valence-corrected chi connectivity index (χ2v) is 6.29. The van der Waals surface area contributed by atoms with Crippen molar-refractivity contribution in [2.75, 3.05) is 19.0 Å². The van der Waals surface area contributed by atoms with Gasteiger partial charge >= 0.3 is 18.0 Å². The summed E-state index contributed by atoms with van der Waals surface area (Å²) >= 11 is 0. The Hall–Kier alpha value is -3.10. The third kappa shape index (κ3) is 3.83. The van der Waals surface area contributed by atoms with E-state index >= 15 is 0 Å². The molecule has 2 heterocycles. The van der Waals surface area contributed by atoms with Gasteiger partial charge in [-0.05, 0) is 0 Å². The highest BCUT2D eigenvalue weighted by molar-refractivity contribution is 5.99. The highest BCUT2D eigenvalue weighted by Crippen LogP contribution is 2.49. The number of nitrogens with zero attached hydrogens (tertiary/aromatic N) is 5. The molecule has 15 heteroatoms. The van der Waals surface area contributed by atoms with Crippen molar-refractivity contribution in [1.29, 1.82) is 0 Å². The minimum Gasteiger partial charge on any atom is -0.368 e. The van der Waals surface area contributed by atoms with Crippen LogP contribution in [0.4, 0.5) is 32.2 Å². The third-order valence-electron chi connectivity index (χ3n) is 4.10. The van der Waals surface area contributed by atoms with Crippen molar-refractivity contribution >= 4 is 18.1 Å². The van der Waals surface area contributed by atoms with Gasteiger partial charge in [-0.25, -0.2) is 4.98 Å². The lowest BCUT2D eigenvalue weighted by Crippen LogP contribution is -2.54. The van der Waals surface area contributed by atoms with Crippen LogP contribution in [-0.2, 0) is 24.0 Å². The van der Waals surface area contributed by atoms with Gasteiger partial charge < -0.3 is 24.0 Å². The van der Waals surface area contributed by atoms with Crippen molar-refractivity contribution in [3.05, 3.63) is 29.5 Å². The number of carbonyl (C=O) groups is 2. The molecule has 0 radical (unpaired) electrons. The molecule has 30 heavy (non-hydrogen) atoms. The number of hydrogen-bond acceptors (Lipinski definition) is 6. The van der Waals surface area contributed by atoms with Crippen LogP contribution in [0.2, 0.25) is 0 Å². The molecule has 0 aromatic carbocycles. The summed E-state index contributed by atoms with van der Waals surface area (Å²) in [7, 11) is 3.95. The number of aromatic nitrogens is 3. The maximum absolute atomic E-state index is 12.9. The molecular weight excluding hydrogens is 428 g/mol. The third-order valence-corrected chi connectivity index (χ3v) is 4.10. The minimum absolute atomic E-state index is 0.0221. The van der Waals surface area contributed by atoms with Gasteiger partial charge in [-0.2, -0.15) is 26.3 Å². The maximum atomic E-state index is 12.9. The molecule has 2 aromatic heterocycles. The fourth-order valence-electron chi connectivity index (χ4n) is 2.47.